The van der Waals surface area contributed by atoms with Gasteiger partial charge in [0.15, 0.2) is 0 Å². The van der Waals surface area contributed by atoms with Crippen molar-refractivity contribution >= 4 is 13.8 Å². The summed E-state index contributed by atoms with van der Waals surface area (Å²) in [5, 5.41) is 7.89. The topological polar surface area (TPSA) is 104 Å². The molecule has 0 aromatic heterocycles. The van der Waals surface area contributed by atoms with Crippen molar-refractivity contribution in [2.75, 3.05) is 34.3 Å². The van der Waals surface area contributed by atoms with Gasteiger partial charge in [0.1, 0.15) is 13.2 Å². The number of phosphoric acid groups is 1. The highest BCUT2D eigenvalue weighted by molar-refractivity contribution is 7.46. The SMILES string of the molecule is C=C(C)C(=O)O.C[N+](C)(C)CCOP(=O)(O)O. The van der Waals surface area contributed by atoms with E-state index in [0.717, 1.165) is 0 Å². The number of quaternary nitrogens is 1. The van der Waals surface area contributed by atoms with E-state index in [1.807, 2.05) is 21.1 Å². The van der Waals surface area contributed by atoms with Crippen LogP contribution in [0.15, 0.2) is 12.2 Å². The van der Waals surface area contributed by atoms with E-state index in [1.54, 1.807) is 0 Å². The molecule has 0 atom stereocenters. The van der Waals surface area contributed by atoms with E-state index >= 15 is 0 Å². The van der Waals surface area contributed by atoms with Gasteiger partial charge in [-0.2, -0.15) is 0 Å². The van der Waals surface area contributed by atoms with Crippen LogP contribution in [-0.2, 0) is 13.9 Å². The van der Waals surface area contributed by atoms with Gasteiger partial charge in [0.25, 0.3) is 0 Å². The van der Waals surface area contributed by atoms with Crippen molar-refractivity contribution in [1.82, 2.24) is 0 Å². The lowest BCUT2D eigenvalue weighted by Crippen LogP contribution is -2.37. The Kier molecular flexibility index (Phi) is 8.31. The van der Waals surface area contributed by atoms with E-state index in [4.69, 9.17) is 14.9 Å². The lowest BCUT2D eigenvalue weighted by atomic mass is 10.4. The maximum atomic E-state index is 10.2. The molecular formula is C9H21NO6P+. The monoisotopic (exact) mass is 270 g/mol. The Morgan fingerprint density at radius 1 is 1.35 bits per heavy atom. The highest BCUT2D eigenvalue weighted by atomic mass is 31.2. The molecule has 8 heteroatoms. The largest absolute Gasteiger partial charge is 0.478 e. The normalized spacial score (nSPS) is 11.4. The predicted molar refractivity (Wildman–Crippen MR) is 63.3 cm³/mol. The molecule has 0 saturated carbocycles. The number of carboxylic acid groups (broad SMARTS) is 1. The molecule has 0 radical (unpaired) electrons. The summed E-state index contributed by atoms with van der Waals surface area (Å²) in [6.45, 7) is 5.25. The Labute approximate surface area is 101 Å². The van der Waals surface area contributed by atoms with Crippen LogP contribution in [0.1, 0.15) is 6.92 Å². The second kappa shape index (κ2) is 7.58. The van der Waals surface area contributed by atoms with Gasteiger partial charge in [-0.25, -0.2) is 9.36 Å². The third-order valence-electron chi connectivity index (χ3n) is 1.39. The van der Waals surface area contributed by atoms with Gasteiger partial charge in [0.05, 0.1) is 21.1 Å². The van der Waals surface area contributed by atoms with Crippen LogP contribution in [0.3, 0.4) is 0 Å². The zero-order chi connectivity index (χ0) is 14.3. The molecule has 0 unspecified atom stereocenters. The van der Waals surface area contributed by atoms with Gasteiger partial charge < -0.3 is 19.4 Å². The molecule has 0 bridgehead atoms. The highest BCUT2D eigenvalue weighted by Gasteiger charge is 2.15. The fourth-order valence-corrected chi connectivity index (χ4v) is 0.753. The zero-order valence-electron chi connectivity index (χ0n) is 10.6. The Balaban J connectivity index is 0. The number of hydrogen-bond donors (Lipinski definition) is 3. The van der Waals surface area contributed by atoms with Crippen molar-refractivity contribution in [1.29, 1.82) is 0 Å². The van der Waals surface area contributed by atoms with Gasteiger partial charge in [-0.3, -0.25) is 4.52 Å². The first kappa shape index (κ1) is 18.6. The summed E-state index contributed by atoms with van der Waals surface area (Å²) in [5.41, 5.74) is 0.176. The van der Waals surface area contributed by atoms with Crippen molar-refractivity contribution in [3.63, 3.8) is 0 Å². The van der Waals surface area contributed by atoms with Crippen molar-refractivity contribution in [3.05, 3.63) is 12.2 Å². The summed E-state index contributed by atoms with van der Waals surface area (Å²) in [4.78, 5) is 26.2. The molecule has 0 amide bonds. The molecule has 0 saturated heterocycles. The number of likely N-dealkylation sites (N-methyl/N-ethyl adjacent to an activating group) is 1. The highest BCUT2D eigenvalue weighted by Crippen LogP contribution is 2.35. The lowest BCUT2D eigenvalue weighted by Gasteiger charge is -2.23. The first-order valence-corrected chi connectivity index (χ1v) is 6.27. The third kappa shape index (κ3) is 21.2. The Bertz CT molecular complexity index is 291. The summed E-state index contributed by atoms with van der Waals surface area (Å²) in [6, 6.07) is 0. The Hall–Kier alpha value is -0.720. The van der Waals surface area contributed by atoms with E-state index < -0.39 is 13.8 Å². The van der Waals surface area contributed by atoms with Gasteiger partial charge in [-0.15, -0.1) is 0 Å². The average Bonchev–Trinajstić information content (AvgIpc) is 1.99. The quantitative estimate of drug-likeness (QED) is 0.380. The van der Waals surface area contributed by atoms with Crippen LogP contribution >= 0.6 is 7.82 Å². The van der Waals surface area contributed by atoms with E-state index in [2.05, 4.69) is 11.1 Å². The van der Waals surface area contributed by atoms with Gasteiger partial charge in [-0.1, -0.05) is 6.58 Å². The first-order valence-electron chi connectivity index (χ1n) is 4.74. The second-order valence-corrected chi connectivity index (χ2v) is 5.66. The molecule has 0 rings (SSSR count). The fourth-order valence-electron chi connectivity index (χ4n) is 0.434. The summed E-state index contributed by atoms with van der Waals surface area (Å²) in [7, 11) is 1.50. The molecule has 3 N–H and O–H groups in total. The minimum absolute atomic E-state index is 0.0772. The van der Waals surface area contributed by atoms with E-state index in [-0.39, 0.29) is 12.2 Å². The third-order valence-corrected chi connectivity index (χ3v) is 1.91. The molecule has 0 aliphatic rings. The van der Waals surface area contributed by atoms with E-state index in [0.29, 0.717) is 11.0 Å². The van der Waals surface area contributed by atoms with Crippen LogP contribution in [0, 0.1) is 0 Å². The average molecular weight is 270 g/mol. The minimum Gasteiger partial charge on any atom is -0.478 e. The maximum Gasteiger partial charge on any atom is 0.469 e. The summed E-state index contributed by atoms with van der Waals surface area (Å²) in [5.74, 6) is -0.935. The summed E-state index contributed by atoms with van der Waals surface area (Å²) in [6.07, 6.45) is 0. The molecule has 0 aromatic rings. The molecular weight excluding hydrogens is 249 g/mol. The lowest BCUT2D eigenvalue weighted by molar-refractivity contribution is -0.870. The van der Waals surface area contributed by atoms with Gasteiger partial charge in [0, 0.05) is 5.57 Å². The van der Waals surface area contributed by atoms with Gasteiger partial charge in [0.2, 0.25) is 0 Å². The number of carbonyl (C=O) groups is 1. The molecule has 0 aromatic carbocycles. The molecule has 0 spiro atoms. The molecule has 0 aliphatic heterocycles. The van der Waals surface area contributed by atoms with Crippen LogP contribution in [0.2, 0.25) is 0 Å². The van der Waals surface area contributed by atoms with Crippen LogP contribution in [0.4, 0.5) is 0 Å². The molecule has 0 aliphatic carbocycles. The molecule has 0 fully saturated rings. The number of carboxylic acids is 1. The Morgan fingerprint density at radius 3 is 1.88 bits per heavy atom. The minimum atomic E-state index is -4.26. The first-order chi connectivity index (χ1) is 7.35. The van der Waals surface area contributed by atoms with Crippen molar-refractivity contribution in [2.45, 2.75) is 6.92 Å². The van der Waals surface area contributed by atoms with Crippen molar-refractivity contribution in [2.24, 2.45) is 0 Å². The van der Waals surface area contributed by atoms with Crippen LogP contribution < -0.4 is 0 Å². The van der Waals surface area contributed by atoms with Gasteiger partial charge in [-0.05, 0) is 6.92 Å². The van der Waals surface area contributed by atoms with Crippen LogP contribution in [0.25, 0.3) is 0 Å². The predicted octanol–water partition coefficient (Wildman–Crippen LogP) is 0.449. The summed E-state index contributed by atoms with van der Waals surface area (Å²) >= 11 is 0. The maximum absolute atomic E-state index is 10.2. The van der Waals surface area contributed by atoms with Gasteiger partial charge >= 0.3 is 13.8 Å². The van der Waals surface area contributed by atoms with E-state index in [1.165, 1.54) is 6.92 Å². The second-order valence-electron chi connectivity index (χ2n) is 4.42. The number of nitrogens with zero attached hydrogens (tertiary/aromatic N) is 1. The van der Waals surface area contributed by atoms with Crippen molar-refractivity contribution < 1.29 is 33.3 Å². The number of aliphatic carboxylic acids is 1. The summed E-state index contributed by atoms with van der Waals surface area (Å²) < 4.78 is 15.1. The fraction of sp³-hybridized carbons (Fsp3) is 0.667. The molecule has 102 valence electrons. The number of phosphoric ester groups is 1. The molecule has 0 heterocycles. The number of hydrogen-bond acceptors (Lipinski definition) is 3. The van der Waals surface area contributed by atoms with Crippen LogP contribution in [0.5, 0.6) is 0 Å². The Morgan fingerprint density at radius 2 is 1.71 bits per heavy atom. The van der Waals surface area contributed by atoms with E-state index in [9.17, 15) is 9.36 Å². The number of rotatable bonds is 5. The molecule has 7 nitrogen and oxygen atoms in total. The smallest absolute Gasteiger partial charge is 0.469 e. The van der Waals surface area contributed by atoms with Crippen LogP contribution in [-0.4, -0.2) is 59.6 Å². The standard InChI is InChI=1S/C5H14NO4P.C4H6O2/c1-6(2,3)4-5-10-11(7,8)9;1-3(2)4(5)6/h4-5H2,1-3H3,(H-,7,8,9);1H2,2H3,(H,5,6)/p+1. The zero-order valence-corrected chi connectivity index (χ0v) is 11.5. The van der Waals surface area contributed by atoms with Crippen molar-refractivity contribution in [3.8, 4) is 0 Å². The molecule has 17 heavy (non-hydrogen) atoms.